The molecule has 3 saturated heterocycles. The lowest BCUT2D eigenvalue weighted by Gasteiger charge is -2.28. The zero-order valence-electron chi connectivity index (χ0n) is 35.0. The van der Waals surface area contributed by atoms with E-state index >= 15 is 0 Å². The average Bonchev–Trinajstić information content (AvgIpc) is 4.03. The molecular weight excluding hydrogens is 797 g/mol. The molecular formula is C49H50N8O6. The van der Waals surface area contributed by atoms with Gasteiger partial charge in [-0.05, 0) is 92.1 Å². The van der Waals surface area contributed by atoms with Crippen LogP contribution in [0.25, 0.3) is 0 Å². The molecule has 63 heavy (non-hydrogen) atoms. The van der Waals surface area contributed by atoms with Gasteiger partial charge in [-0.25, -0.2) is 9.97 Å². The molecule has 5 heterocycles. The zero-order valence-corrected chi connectivity index (χ0v) is 35.0. The fourth-order valence-electron chi connectivity index (χ4n) is 8.42. The lowest BCUT2D eigenvalue weighted by molar-refractivity contribution is -0.138. The maximum Gasteiger partial charge on any atom is 0.250 e. The first-order valence-electron chi connectivity index (χ1n) is 22.0. The third-order valence-corrected chi connectivity index (χ3v) is 12.1. The monoisotopic (exact) mass is 846 g/mol. The van der Waals surface area contributed by atoms with Crippen molar-refractivity contribution in [2.45, 2.75) is 94.2 Å². The Kier molecular flexibility index (Phi) is 12.7. The number of H-pyrrole nitrogens is 2. The van der Waals surface area contributed by atoms with Crippen molar-refractivity contribution in [1.29, 1.82) is 0 Å². The van der Waals surface area contributed by atoms with Gasteiger partial charge in [-0.2, -0.15) is 0 Å². The largest absolute Gasteiger partial charge is 0.359 e. The molecule has 0 bridgehead atoms. The highest BCUT2D eigenvalue weighted by Gasteiger charge is 2.40. The minimum absolute atomic E-state index is 0.0139. The molecule has 2 saturated carbocycles. The van der Waals surface area contributed by atoms with Crippen LogP contribution in [0.3, 0.4) is 0 Å². The Hall–Kier alpha value is -6.66. The SMILES string of the molecule is O=C(CC1CC1)N[C@@H](C(=O)N1CCC[C@H]1c1ncc(C#CC2COC(C#CC#Cc3cnc([C@@H]4CCCN4C(=O)[C@H](NC(=O)C4CC4)c4ccccc4)[nH]3)CO2)[nH]1)c1ccccc1. The van der Waals surface area contributed by atoms with Crippen LogP contribution in [0.4, 0.5) is 0 Å². The van der Waals surface area contributed by atoms with Gasteiger partial charge in [0, 0.05) is 25.4 Å². The molecule has 5 aliphatic rings. The number of likely N-dealkylation sites (tertiary alicyclic amines) is 2. The number of carbonyl (C=O) groups is 4. The molecule has 6 atom stereocenters. The maximum atomic E-state index is 14.0. The van der Waals surface area contributed by atoms with Crippen LogP contribution in [-0.4, -0.2) is 91.9 Å². The number of hydrogen-bond acceptors (Lipinski definition) is 8. The Labute approximate surface area is 366 Å². The van der Waals surface area contributed by atoms with Crippen LogP contribution in [0.5, 0.6) is 0 Å². The van der Waals surface area contributed by atoms with Gasteiger partial charge in [0.15, 0.2) is 0 Å². The molecule has 2 aliphatic carbocycles. The molecule has 2 aromatic carbocycles. The van der Waals surface area contributed by atoms with Gasteiger partial charge in [-0.3, -0.25) is 19.2 Å². The van der Waals surface area contributed by atoms with Gasteiger partial charge in [0.25, 0.3) is 0 Å². The molecule has 4 N–H and O–H groups in total. The van der Waals surface area contributed by atoms with E-state index in [-0.39, 0.29) is 54.8 Å². The van der Waals surface area contributed by atoms with Crippen molar-refractivity contribution in [1.82, 2.24) is 40.4 Å². The summed E-state index contributed by atoms with van der Waals surface area (Å²) >= 11 is 0. The van der Waals surface area contributed by atoms with Crippen molar-refractivity contribution >= 4 is 23.6 Å². The molecule has 2 aromatic heterocycles. The van der Waals surface area contributed by atoms with E-state index in [1.54, 1.807) is 17.3 Å². The van der Waals surface area contributed by atoms with E-state index in [9.17, 15) is 19.2 Å². The average molecular weight is 847 g/mol. The standard InChI is InChI=1S/C49H50N8O6/c58-42(27-32-19-20-32)54-43(33-11-3-1-4-12-33)48(60)56-25-9-18-41(56)46-51-29-37(53-46)23-24-39-31-62-38(30-63-39)16-8-7-15-36-28-50-45(52-36)40-17-10-26-57(40)49(61)44(34-13-5-2-6-14-34)55-47(59)35-21-22-35/h1-6,11-14,28-29,32,35,38-41,43-44H,9-10,17-22,25-27,30-31H2,(H,50,52)(H,51,53)(H,54,58)(H,55,59)/t38?,39?,40-,41-,43+,44+/m0/s1. The topological polar surface area (TPSA) is 175 Å². The molecule has 0 radical (unpaired) electrons. The van der Waals surface area contributed by atoms with Crippen LogP contribution in [-0.2, 0) is 28.7 Å². The lowest BCUT2D eigenvalue weighted by atomic mass is 10.0. The summed E-state index contributed by atoms with van der Waals surface area (Å²) in [6, 6.07) is 16.8. The van der Waals surface area contributed by atoms with E-state index in [1.807, 2.05) is 65.6 Å². The number of nitrogens with one attached hydrogen (secondary N) is 4. The summed E-state index contributed by atoms with van der Waals surface area (Å²) in [7, 11) is 0. The normalized spacial score (nSPS) is 22.6. The fraction of sp³-hybridized carbons (Fsp3) is 0.429. The van der Waals surface area contributed by atoms with Crippen molar-refractivity contribution in [2.75, 3.05) is 26.3 Å². The molecule has 5 fully saturated rings. The number of carbonyl (C=O) groups excluding carboxylic acids is 4. The predicted molar refractivity (Wildman–Crippen MR) is 230 cm³/mol. The third kappa shape index (κ3) is 10.3. The van der Waals surface area contributed by atoms with Crippen molar-refractivity contribution < 1.29 is 28.7 Å². The first kappa shape index (κ1) is 41.7. The Morgan fingerprint density at radius 2 is 1.21 bits per heavy atom. The summed E-state index contributed by atoms with van der Waals surface area (Å²) in [5.74, 6) is 19.2. The van der Waals surface area contributed by atoms with E-state index in [1.165, 1.54) is 0 Å². The van der Waals surface area contributed by atoms with Crippen LogP contribution in [0.15, 0.2) is 73.1 Å². The van der Waals surface area contributed by atoms with Gasteiger partial charge >= 0.3 is 0 Å². The van der Waals surface area contributed by atoms with Gasteiger partial charge in [-0.15, -0.1) is 0 Å². The molecule has 322 valence electrons. The highest BCUT2D eigenvalue weighted by Crippen LogP contribution is 2.36. The first-order chi connectivity index (χ1) is 30.9. The number of aromatic nitrogens is 4. The smallest absolute Gasteiger partial charge is 0.250 e. The van der Waals surface area contributed by atoms with E-state index in [4.69, 9.17) is 9.47 Å². The van der Waals surface area contributed by atoms with E-state index < -0.39 is 24.3 Å². The van der Waals surface area contributed by atoms with Crippen LogP contribution >= 0.6 is 0 Å². The molecule has 14 nitrogen and oxygen atoms in total. The third-order valence-electron chi connectivity index (χ3n) is 12.1. The van der Waals surface area contributed by atoms with Gasteiger partial charge in [-0.1, -0.05) is 72.5 Å². The summed E-state index contributed by atoms with van der Waals surface area (Å²) in [5, 5.41) is 6.03. The minimum Gasteiger partial charge on any atom is -0.359 e. The van der Waals surface area contributed by atoms with Crippen LogP contribution in [0.2, 0.25) is 0 Å². The van der Waals surface area contributed by atoms with Crippen molar-refractivity contribution in [3.05, 3.63) is 107 Å². The molecule has 4 amide bonds. The quantitative estimate of drug-likeness (QED) is 0.159. The fourth-order valence-corrected chi connectivity index (χ4v) is 8.42. The van der Waals surface area contributed by atoms with E-state index in [0.717, 1.165) is 62.5 Å². The van der Waals surface area contributed by atoms with Gasteiger partial charge in [0.05, 0.1) is 37.7 Å². The molecule has 14 heteroatoms. The highest BCUT2D eigenvalue weighted by molar-refractivity contribution is 5.91. The van der Waals surface area contributed by atoms with Gasteiger partial charge in [0.2, 0.25) is 23.6 Å². The number of amides is 4. The number of rotatable bonds is 11. The number of aromatic amines is 2. The van der Waals surface area contributed by atoms with Gasteiger partial charge in [0.1, 0.15) is 47.3 Å². The number of hydrogen-bond donors (Lipinski definition) is 4. The molecule has 2 unspecified atom stereocenters. The first-order valence-corrected chi connectivity index (χ1v) is 22.0. The summed E-state index contributed by atoms with van der Waals surface area (Å²) < 4.78 is 11.9. The molecule has 4 aromatic rings. The number of imidazole rings is 2. The number of ether oxygens (including phenoxy) is 2. The Balaban J connectivity index is 0.764. The Bertz CT molecular complexity index is 2490. The van der Waals surface area contributed by atoms with Crippen LogP contribution in [0, 0.1) is 47.4 Å². The van der Waals surface area contributed by atoms with E-state index in [0.29, 0.717) is 48.5 Å². The van der Waals surface area contributed by atoms with Gasteiger partial charge < -0.3 is 39.9 Å². The van der Waals surface area contributed by atoms with Crippen LogP contribution < -0.4 is 10.6 Å². The molecule has 9 rings (SSSR count). The minimum atomic E-state index is -0.761. The second kappa shape index (κ2) is 19.2. The Morgan fingerprint density at radius 1 is 0.667 bits per heavy atom. The number of nitrogens with zero attached hydrogens (tertiary/aromatic N) is 4. The highest BCUT2D eigenvalue weighted by atomic mass is 16.6. The molecule has 3 aliphatic heterocycles. The van der Waals surface area contributed by atoms with E-state index in [2.05, 4.69) is 66.1 Å². The Morgan fingerprint density at radius 3 is 1.75 bits per heavy atom. The molecule has 0 spiro atoms. The predicted octanol–water partition coefficient (Wildman–Crippen LogP) is 4.58. The number of benzene rings is 2. The summed E-state index contributed by atoms with van der Waals surface area (Å²) in [6.07, 6.45) is 9.81. The van der Waals surface area contributed by atoms with Crippen molar-refractivity contribution in [3.63, 3.8) is 0 Å². The van der Waals surface area contributed by atoms with Crippen molar-refractivity contribution in [2.24, 2.45) is 11.8 Å². The van der Waals surface area contributed by atoms with Crippen LogP contribution in [0.1, 0.15) is 116 Å². The second-order valence-corrected chi connectivity index (χ2v) is 16.9. The summed E-state index contributed by atoms with van der Waals surface area (Å²) in [4.78, 5) is 72.9. The lowest BCUT2D eigenvalue weighted by Crippen LogP contribution is -2.43. The summed E-state index contributed by atoms with van der Waals surface area (Å²) in [5.41, 5.74) is 2.70. The second-order valence-electron chi connectivity index (χ2n) is 16.9. The zero-order chi connectivity index (χ0) is 43.1. The summed E-state index contributed by atoms with van der Waals surface area (Å²) in [6.45, 7) is 1.60. The maximum absolute atomic E-state index is 14.0. The van der Waals surface area contributed by atoms with Crippen molar-refractivity contribution in [3.8, 4) is 35.5 Å².